The van der Waals surface area contributed by atoms with Crippen LogP contribution in [0.1, 0.15) is 10.4 Å². The summed E-state index contributed by atoms with van der Waals surface area (Å²) in [4.78, 5) is 13.0. The molecule has 0 spiro atoms. The van der Waals surface area contributed by atoms with Crippen molar-refractivity contribution < 1.29 is 14.8 Å². The predicted octanol–water partition coefficient (Wildman–Crippen LogP) is -1.35. The fraction of sp³-hybridized carbons (Fsp3) is 0.333. The normalized spacial score (nSPS) is 10.1. The molecule has 19 heavy (non-hydrogen) atoms. The van der Waals surface area contributed by atoms with Crippen molar-refractivity contribution in [3.8, 4) is 5.75 Å². The van der Waals surface area contributed by atoms with E-state index in [0.29, 0.717) is 11.7 Å². The summed E-state index contributed by atoms with van der Waals surface area (Å²) in [7, 11) is 4.08. The lowest BCUT2D eigenvalue weighted by Gasteiger charge is -2.13. The fourth-order valence-electron chi connectivity index (χ4n) is 1.32. The van der Waals surface area contributed by atoms with Gasteiger partial charge >= 0.3 is 0 Å². The minimum Gasteiger partial charge on any atom is -0.507 e. The fourth-order valence-corrected chi connectivity index (χ4v) is 1.47. The number of likely N-dealkylation sites (N-methyl/N-ethyl adjacent to an activating group) is 1. The Bertz CT molecular complexity index is 451. The standard InChI is InChI=1S/C12H18N4O2S/c1-16(2)8-7-13-12(19)15-14-11(18)9-5-3-4-6-10(9)17/h3-6,17H,7-8H2,1-2H3,(H,14,18)(H2,13,15,19)/p+1. The quantitative estimate of drug-likeness (QED) is 0.349. The van der Waals surface area contributed by atoms with Crippen molar-refractivity contribution in [1.82, 2.24) is 16.2 Å². The van der Waals surface area contributed by atoms with Crippen LogP contribution >= 0.6 is 12.2 Å². The number of para-hydroxylation sites is 1. The molecular weight excluding hydrogens is 264 g/mol. The molecule has 0 atom stereocenters. The van der Waals surface area contributed by atoms with E-state index in [0.717, 1.165) is 6.54 Å². The summed E-state index contributed by atoms with van der Waals surface area (Å²) >= 11 is 5.00. The molecule has 0 aliphatic rings. The summed E-state index contributed by atoms with van der Waals surface area (Å²) < 4.78 is 0. The smallest absolute Gasteiger partial charge is 0.273 e. The monoisotopic (exact) mass is 283 g/mol. The van der Waals surface area contributed by atoms with E-state index in [9.17, 15) is 9.90 Å². The van der Waals surface area contributed by atoms with E-state index in [-0.39, 0.29) is 11.3 Å². The van der Waals surface area contributed by atoms with Gasteiger partial charge in [-0.05, 0) is 24.4 Å². The number of rotatable bonds is 4. The minimum atomic E-state index is -0.444. The van der Waals surface area contributed by atoms with Crippen LogP contribution in [0.25, 0.3) is 0 Å². The molecule has 0 aromatic heterocycles. The highest BCUT2D eigenvalue weighted by molar-refractivity contribution is 7.80. The highest BCUT2D eigenvalue weighted by Crippen LogP contribution is 2.14. The lowest BCUT2D eigenvalue weighted by Crippen LogP contribution is -3.06. The molecule has 0 saturated heterocycles. The van der Waals surface area contributed by atoms with Gasteiger partial charge in [0.25, 0.3) is 5.91 Å². The Morgan fingerprint density at radius 2 is 2.00 bits per heavy atom. The van der Waals surface area contributed by atoms with Crippen molar-refractivity contribution in [2.24, 2.45) is 0 Å². The molecule has 6 nitrogen and oxygen atoms in total. The Labute approximate surface area is 117 Å². The molecule has 0 unspecified atom stereocenters. The lowest BCUT2D eigenvalue weighted by molar-refractivity contribution is -0.856. The first-order chi connectivity index (χ1) is 9.00. The Kier molecular flexibility index (Phi) is 6.04. The third-order valence-corrected chi connectivity index (χ3v) is 2.60. The van der Waals surface area contributed by atoms with Crippen LogP contribution in [-0.2, 0) is 0 Å². The molecule has 1 amide bonds. The molecule has 1 rings (SSSR count). The van der Waals surface area contributed by atoms with Crippen LogP contribution in [0.5, 0.6) is 5.75 Å². The first kappa shape index (κ1) is 15.2. The maximum Gasteiger partial charge on any atom is 0.273 e. The maximum absolute atomic E-state index is 11.7. The molecule has 0 aliphatic heterocycles. The van der Waals surface area contributed by atoms with Gasteiger partial charge in [0.05, 0.1) is 32.7 Å². The first-order valence-electron chi connectivity index (χ1n) is 5.92. The van der Waals surface area contributed by atoms with Gasteiger partial charge < -0.3 is 15.3 Å². The Balaban J connectivity index is 2.34. The zero-order valence-corrected chi connectivity index (χ0v) is 11.8. The zero-order valence-electron chi connectivity index (χ0n) is 11.0. The van der Waals surface area contributed by atoms with Gasteiger partial charge in [-0.25, -0.2) is 0 Å². The van der Waals surface area contributed by atoms with E-state index < -0.39 is 5.91 Å². The molecule has 0 heterocycles. The molecule has 1 aromatic rings. The number of thiocarbonyl (C=S) groups is 1. The summed E-state index contributed by atoms with van der Waals surface area (Å²) in [6, 6.07) is 6.30. The predicted molar refractivity (Wildman–Crippen MR) is 77.0 cm³/mol. The summed E-state index contributed by atoms with van der Waals surface area (Å²) in [6.45, 7) is 1.62. The summed E-state index contributed by atoms with van der Waals surface area (Å²) in [5.41, 5.74) is 5.19. The summed E-state index contributed by atoms with van der Waals surface area (Å²) in [5.74, 6) is -0.516. The second-order valence-corrected chi connectivity index (χ2v) is 4.72. The van der Waals surface area contributed by atoms with Crippen LogP contribution in [0.3, 0.4) is 0 Å². The van der Waals surface area contributed by atoms with Gasteiger partial charge in [0.2, 0.25) is 0 Å². The third kappa shape index (κ3) is 5.54. The van der Waals surface area contributed by atoms with Crippen molar-refractivity contribution in [2.75, 3.05) is 27.2 Å². The Morgan fingerprint density at radius 3 is 2.63 bits per heavy atom. The van der Waals surface area contributed by atoms with E-state index in [2.05, 4.69) is 16.2 Å². The van der Waals surface area contributed by atoms with Gasteiger partial charge in [0.1, 0.15) is 5.75 Å². The number of hydrogen-bond acceptors (Lipinski definition) is 3. The third-order valence-electron chi connectivity index (χ3n) is 2.35. The Hall–Kier alpha value is -1.86. The van der Waals surface area contributed by atoms with Crippen molar-refractivity contribution in [3.63, 3.8) is 0 Å². The molecule has 104 valence electrons. The number of hydrazine groups is 1. The van der Waals surface area contributed by atoms with E-state index in [1.807, 2.05) is 14.1 Å². The zero-order chi connectivity index (χ0) is 14.3. The van der Waals surface area contributed by atoms with Crippen molar-refractivity contribution in [3.05, 3.63) is 29.8 Å². The van der Waals surface area contributed by atoms with Crippen LogP contribution in [0.2, 0.25) is 0 Å². The summed E-state index contributed by atoms with van der Waals surface area (Å²) in [5, 5.41) is 12.8. The molecule has 5 N–H and O–H groups in total. The number of phenolic OH excluding ortho intramolecular Hbond substituents is 1. The maximum atomic E-state index is 11.7. The minimum absolute atomic E-state index is 0.0723. The molecule has 0 bridgehead atoms. The van der Waals surface area contributed by atoms with Crippen LogP contribution in [-0.4, -0.2) is 43.3 Å². The van der Waals surface area contributed by atoms with E-state index in [1.54, 1.807) is 12.1 Å². The van der Waals surface area contributed by atoms with Gasteiger partial charge in [-0.3, -0.25) is 15.6 Å². The average molecular weight is 283 g/mol. The van der Waals surface area contributed by atoms with Crippen LogP contribution in [0, 0.1) is 0 Å². The number of aromatic hydroxyl groups is 1. The van der Waals surface area contributed by atoms with E-state index >= 15 is 0 Å². The summed E-state index contributed by atoms with van der Waals surface area (Å²) in [6.07, 6.45) is 0. The Morgan fingerprint density at radius 1 is 1.32 bits per heavy atom. The van der Waals surface area contributed by atoms with E-state index in [1.165, 1.54) is 17.0 Å². The molecular formula is C12H19N4O2S+. The van der Waals surface area contributed by atoms with Crippen molar-refractivity contribution in [2.45, 2.75) is 0 Å². The second-order valence-electron chi connectivity index (χ2n) is 4.31. The largest absolute Gasteiger partial charge is 0.507 e. The molecule has 0 radical (unpaired) electrons. The van der Waals surface area contributed by atoms with E-state index in [4.69, 9.17) is 12.2 Å². The number of amides is 1. The van der Waals surface area contributed by atoms with Gasteiger partial charge in [0, 0.05) is 0 Å². The van der Waals surface area contributed by atoms with Crippen LogP contribution in [0.15, 0.2) is 24.3 Å². The molecule has 0 saturated carbocycles. The van der Waals surface area contributed by atoms with Gasteiger partial charge in [-0.1, -0.05) is 12.1 Å². The number of benzene rings is 1. The number of hydrogen-bond donors (Lipinski definition) is 5. The molecule has 7 heteroatoms. The number of carbonyl (C=O) groups excluding carboxylic acids is 1. The number of carbonyl (C=O) groups is 1. The SMILES string of the molecule is C[NH+](C)CCNC(=S)NNC(=O)c1ccccc1O. The number of phenols is 1. The topological polar surface area (TPSA) is 77.8 Å². The van der Waals surface area contributed by atoms with Crippen molar-refractivity contribution >= 4 is 23.2 Å². The first-order valence-corrected chi connectivity index (χ1v) is 6.32. The van der Waals surface area contributed by atoms with Crippen LogP contribution in [0.4, 0.5) is 0 Å². The second kappa shape index (κ2) is 7.55. The van der Waals surface area contributed by atoms with Gasteiger partial charge in [-0.15, -0.1) is 0 Å². The number of quaternary nitrogens is 1. The molecule has 0 aliphatic carbocycles. The van der Waals surface area contributed by atoms with Gasteiger partial charge in [-0.2, -0.15) is 0 Å². The highest BCUT2D eigenvalue weighted by atomic mass is 32.1. The molecule has 1 aromatic carbocycles. The number of nitrogens with one attached hydrogen (secondary N) is 4. The van der Waals surface area contributed by atoms with Gasteiger partial charge in [0.15, 0.2) is 5.11 Å². The van der Waals surface area contributed by atoms with Crippen LogP contribution < -0.4 is 21.1 Å². The highest BCUT2D eigenvalue weighted by Gasteiger charge is 2.09. The average Bonchev–Trinajstić information content (AvgIpc) is 2.36. The van der Waals surface area contributed by atoms with Crippen molar-refractivity contribution in [1.29, 1.82) is 0 Å². The molecule has 0 fully saturated rings. The lowest BCUT2D eigenvalue weighted by atomic mass is 10.2.